The van der Waals surface area contributed by atoms with Gasteiger partial charge in [-0.05, 0) is 0 Å². The van der Waals surface area contributed by atoms with Crippen molar-refractivity contribution in [3.8, 4) is 0 Å². The summed E-state index contributed by atoms with van der Waals surface area (Å²) in [4.78, 5) is 8.45. The molecule has 0 bridgehead atoms. The highest BCUT2D eigenvalue weighted by Crippen LogP contribution is 2.36. The Bertz CT molecular complexity index is 805. The number of anilines is 1. The third-order valence-electron chi connectivity index (χ3n) is 4.22. The lowest BCUT2D eigenvalue weighted by atomic mass is 10.1. The van der Waals surface area contributed by atoms with E-state index in [2.05, 4.69) is 15.1 Å². The zero-order chi connectivity index (χ0) is 16.3. The SMILES string of the molecule is CN1N=C(N)c2cn([C@@H]3OC(CO)[C@@H](O)[C@H]3O)c3ncnc1c23. The first kappa shape index (κ1) is 14.3. The zero-order valence-electron chi connectivity index (χ0n) is 12.2. The van der Waals surface area contributed by atoms with Crippen molar-refractivity contribution in [1.82, 2.24) is 14.5 Å². The molecule has 0 aliphatic carbocycles. The van der Waals surface area contributed by atoms with Crippen LogP contribution in [0, 0.1) is 0 Å². The molecule has 10 heteroatoms. The number of hydrogen-bond donors (Lipinski definition) is 4. The summed E-state index contributed by atoms with van der Waals surface area (Å²) in [5.41, 5.74) is 7.10. The van der Waals surface area contributed by atoms with Gasteiger partial charge in [0, 0.05) is 18.8 Å². The number of hydrazone groups is 1. The Labute approximate surface area is 130 Å². The van der Waals surface area contributed by atoms with Crippen LogP contribution in [0.4, 0.5) is 5.82 Å². The summed E-state index contributed by atoms with van der Waals surface area (Å²) in [5, 5.41) is 35.9. The highest BCUT2D eigenvalue weighted by molar-refractivity contribution is 6.13. The first-order chi connectivity index (χ1) is 11.0. The Morgan fingerprint density at radius 3 is 2.78 bits per heavy atom. The van der Waals surface area contributed by atoms with Gasteiger partial charge in [-0.15, -0.1) is 0 Å². The number of nitrogens with zero attached hydrogens (tertiary/aromatic N) is 5. The molecule has 0 radical (unpaired) electrons. The molecule has 2 aliphatic rings. The third-order valence-corrected chi connectivity index (χ3v) is 4.22. The molecule has 0 spiro atoms. The highest BCUT2D eigenvalue weighted by Gasteiger charge is 2.44. The summed E-state index contributed by atoms with van der Waals surface area (Å²) in [5.74, 6) is 0.884. The molecule has 23 heavy (non-hydrogen) atoms. The summed E-state index contributed by atoms with van der Waals surface area (Å²) in [6.07, 6.45) is -1.10. The Kier molecular flexibility index (Phi) is 3.03. The zero-order valence-corrected chi connectivity index (χ0v) is 12.2. The second-order valence-corrected chi connectivity index (χ2v) is 5.58. The van der Waals surface area contributed by atoms with Crippen molar-refractivity contribution in [2.45, 2.75) is 24.5 Å². The molecule has 122 valence electrons. The minimum Gasteiger partial charge on any atom is -0.394 e. The molecule has 5 N–H and O–H groups in total. The monoisotopic (exact) mass is 320 g/mol. The van der Waals surface area contributed by atoms with Gasteiger partial charge in [-0.3, -0.25) is 0 Å². The minimum absolute atomic E-state index is 0.297. The van der Waals surface area contributed by atoms with Gasteiger partial charge in [0.25, 0.3) is 0 Å². The van der Waals surface area contributed by atoms with Gasteiger partial charge >= 0.3 is 0 Å². The van der Waals surface area contributed by atoms with E-state index < -0.39 is 31.1 Å². The molecule has 4 rings (SSSR count). The lowest BCUT2D eigenvalue weighted by Crippen LogP contribution is -2.33. The number of hydrogen-bond acceptors (Lipinski definition) is 9. The van der Waals surface area contributed by atoms with Gasteiger partial charge in [-0.1, -0.05) is 0 Å². The minimum atomic E-state index is -1.20. The van der Waals surface area contributed by atoms with Crippen molar-refractivity contribution in [3.05, 3.63) is 18.1 Å². The van der Waals surface area contributed by atoms with E-state index in [1.54, 1.807) is 22.8 Å². The number of rotatable bonds is 2. The highest BCUT2D eigenvalue weighted by atomic mass is 16.6. The van der Waals surface area contributed by atoms with Crippen LogP contribution in [0.1, 0.15) is 11.8 Å². The van der Waals surface area contributed by atoms with Crippen LogP contribution in [-0.4, -0.2) is 67.7 Å². The van der Waals surface area contributed by atoms with Crippen LogP contribution in [0.25, 0.3) is 11.0 Å². The Hall–Kier alpha value is -2.27. The number of nitrogens with two attached hydrogens (primary N) is 1. The standard InChI is InChI=1S/C13H16N6O4/c1-18-11-7-5(10(14)17-18)2-19(12(7)16-4-15-11)13-9(22)8(21)6(3-20)23-13/h2,4,6,8-9,13,20-22H,3H2,1H3,(H2,14,17)/t6?,8-,9-,13-/m1/s1. The van der Waals surface area contributed by atoms with Crippen molar-refractivity contribution < 1.29 is 20.1 Å². The lowest BCUT2D eigenvalue weighted by Gasteiger charge is -2.19. The van der Waals surface area contributed by atoms with Gasteiger partial charge in [0.2, 0.25) is 0 Å². The molecule has 2 aliphatic heterocycles. The summed E-state index contributed by atoms with van der Waals surface area (Å²) in [6.45, 7) is -0.395. The first-order valence-electron chi connectivity index (χ1n) is 7.09. The van der Waals surface area contributed by atoms with E-state index in [-0.39, 0.29) is 0 Å². The maximum atomic E-state index is 10.2. The van der Waals surface area contributed by atoms with E-state index in [0.717, 1.165) is 0 Å². The molecule has 0 amide bonds. The molecule has 2 aromatic rings. The number of ether oxygens (including phenoxy) is 1. The molecule has 2 aromatic heterocycles. The van der Waals surface area contributed by atoms with Crippen LogP contribution in [0.2, 0.25) is 0 Å². The van der Waals surface area contributed by atoms with Gasteiger partial charge in [0.1, 0.15) is 30.3 Å². The predicted octanol–water partition coefficient (Wildman–Crippen LogP) is -1.89. The summed E-state index contributed by atoms with van der Waals surface area (Å²) in [6, 6.07) is 0. The van der Waals surface area contributed by atoms with Crippen LogP contribution < -0.4 is 10.7 Å². The number of aromatic nitrogens is 3. The molecule has 1 unspecified atom stereocenters. The van der Waals surface area contributed by atoms with Gasteiger partial charge in [-0.2, -0.15) is 5.10 Å². The molecule has 4 atom stereocenters. The molecule has 4 heterocycles. The van der Waals surface area contributed by atoms with E-state index >= 15 is 0 Å². The van der Waals surface area contributed by atoms with Crippen molar-refractivity contribution in [2.24, 2.45) is 10.8 Å². The molecule has 1 saturated heterocycles. The number of aliphatic hydroxyl groups excluding tert-OH is 3. The fourth-order valence-electron chi connectivity index (χ4n) is 3.07. The van der Waals surface area contributed by atoms with Crippen molar-refractivity contribution in [2.75, 3.05) is 18.7 Å². The summed E-state index contributed by atoms with van der Waals surface area (Å²) in [7, 11) is 1.72. The van der Waals surface area contributed by atoms with E-state index in [1.807, 2.05) is 0 Å². The predicted molar refractivity (Wildman–Crippen MR) is 79.7 cm³/mol. The fraction of sp³-hybridized carbons (Fsp3) is 0.462. The van der Waals surface area contributed by atoms with Gasteiger partial charge in [0.15, 0.2) is 17.9 Å². The van der Waals surface area contributed by atoms with Crippen molar-refractivity contribution in [3.63, 3.8) is 0 Å². The van der Waals surface area contributed by atoms with Crippen molar-refractivity contribution in [1.29, 1.82) is 0 Å². The fourth-order valence-corrected chi connectivity index (χ4v) is 3.07. The smallest absolute Gasteiger partial charge is 0.164 e. The number of aliphatic hydroxyl groups is 3. The average molecular weight is 320 g/mol. The second-order valence-electron chi connectivity index (χ2n) is 5.58. The van der Waals surface area contributed by atoms with Crippen LogP contribution >= 0.6 is 0 Å². The largest absolute Gasteiger partial charge is 0.394 e. The Balaban J connectivity index is 1.89. The van der Waals surface area contributed by atoms with E-state index in [0.29, 0.717) is 28.3 Å². The van der Waals surface area contributed by atoms with Crippen LogP contribution in [-0.2, 0) is 4.74 Å². The van der Waals surface area contributed by atoms with Crippen LogP contribution in [0.5, 0.6) is 0 Å². The molecule has 10 nitrogen and oxygen atoms in total. The van der Waals surface area contributed by atoms with E-state index in [4.69, 9.17) is 10.5 Å². The average Bonchev–Trinajstić information content (AvgIpc) is 3.05. The first-order valence-corrected chi connectivity index (χ1v) is 7.09. The van der Waals surface area contributed by atoms with Gasteiger partial charge in [-0.25, -0.2) is 15.0 Å². The van der Waals surface area contributed by atoms with E-state index in [9.17, 15) is 15.3 Å². The van der Waals surface area contributed by atoms with Crippen molar-refractivity contribution >= 4 is 22.7 Å². The molecule has 0 aromatic carbocycles. The van der Waals surface area contributed by atoms with E-state index in [1.165, 1.54) is 6.33 Å². The van der Waals surface area contributed by atoms with Crippen LogP contribution in [0.15, 0.2) is 17.6 Å². The topological polar surface area (TPSA) is 142 Å². The third kappa shape index (κ3) is 1.86. The maximum absolute atomic E-state index is 10.2. The van der Waals surface area contributed by atoms with Gasteiger partial charge < -0.3 is 30.4 Å². The molecular weight excluding hydrogens is 304 g/mol. The summed E-state index contributed by atoms with van der Waals surface area (Å²) < 4.78 is 7.15. The van der Waals surface area contributed by atoms with Gasteiger partial charge in [0.05, 0.1) is 12.0 Å². The molecular formula is C13H16N6O4. The summed E-state index contributed by atoms with van der Waals surface area (Å²) >= 11 is 0. The Morgan fingerprint density at radius 1 is 1.30 bits per heavy atom. The molecule has 0 saturated carbocycles. The maximum Gasteiger partial charge on any atom is 0.164 e. The normalized spacial score (nSPS) is 30.1. The quantitative estimate of drug-likeness (QED) is 0.503. The number of amidine groups is 1. The van der Waals surface area contributed by atoms with Crippen LogP contribution in [0.3, 0.4) is 0 Å². The Morgan fingerprint density at radius 2 is 2.09 bits per heavy atom. The lowest BCUT2D eigenvalue weighted by molar-refractivity contribution is -0.0508. The molecule has 1 fully saturated rings. The second kappa shape index (κ2) is 4.86.